The SMILES string of the molecule is CCN(Cc1cc(CNC(C)C)c(C)o1)C1CCCC1. The molecule has 3 nitrogen and oxygen atoms in total. The summed E-state index contributed by atoms with van der Waals surface area (Å²) in [5, 5.41) is 3.46. The predicted octanol–water partition coefficient (Wildman–Crippen LogP) is 3.85. The van der Waals surface area contributed by atoms with Gasteiger partial charge in [-0.25, -0.2) is 0 Å². The van der Waals surface area contributed by atoms with Gasteiger partial charge in [-0.1, -0.05) is 33.6 Å². The van der Waals surface area contributed by atoms with Crippen molar-refractivity contribution in [2.24, 2.45) is 0 Å². The van der Waals surface area contributed by atoms with Crippen LogP contribution in [0, 0.1) is 6.92 Å². The zero-order valence-electron chi connectivity index (χ0n) is 13.5. The maximum Gasteiger partial charge on any atom is 0.118 e. The average Bonchev–Trinajstić information content (AvgIpc) is 3.03. The lowest BCUT2D eigenvalue weighted by Gasteiger charge is -2.26. The van der Waals surface area contributed by atoms with E-state index in [0.717, 1.165) is 37.2 Å². The molecule has 0 aromatic carbocycles. The van der Waals surface area contributed by atoms with E-state index in [1.165, 1.54) is 31.2 Å². The third-order valence-corrected chi connectivity index (χ3v) is 4.38. The summed E-state index contributed by atoms with van der Waals surface area (Å²) in [7, 11) is 0. The van der Waals surface area contributed by atoms with E-state index in [-0.39, 0.29) is 0 Å². The molecule has 20 heavy (non-hydrogen) atoms. The van der Waals surface area contributed by atoms with Crippen molar-refractivity contribution in [1.82, 2.24) is 10.2 Å². The van der Waals surface area contributed by atoms with Crippen LogP contribution in [0.15, 0.2) is 10.5 Å². The van der Waals surface area contributed by atoms with Crippen molar-refractivity contribution in [2.45, 2.75) is 78.6 Å². The van der Waals surface area contributed by atoms with Crippen LogP contribution < -0.4 is 5.32 Å². The summed E-state index contributed by atoms with van der Waals surface area (Å²) in [5.74, 6) is 2.19. The third-order valence-electron chi connectivity index (χ3n) is 4.38. The fraction of sp³-hybridized carbons (Fsp3) is 0.765. The van der Waals surface area contributed by atoms with Gasteiger partial charge in [0.2, 0.25) is 0 Å². The van der Waals surface area contributed by atoms with Crippen molar-refractivity contribution in [3.63, 3.8) is 0 Å². The number of rotatable bonds is 7. The van der Waals surface area contributed by atoms with Crippen LogP contribution in [-0.4, -0.2) is 23.5 Å². The Morgan fingerprint density at radius 1 is 1.35 bits per heavy atom. The Morgan fingerprint density at radius 3 is 2.65 bits per heavy atom. The van der Waals surface area contributed by atoms with Crippen LogP contribution in [0.1, 0.15) is 63.5 Å². The molecule has 0 aliphatic heterocycles. The highest BCUT2D eigenvalue weighted by atomic mass is 16.3. The first-order valence-electron chi connectivity index (χ1n) is 8.15. The number of nitrogens with one attached hydrogen (secondary N) is 1. The Hall–Kier alpha value is -0.800. The summed E-state index contributed by atoms with van der Waals surface area (Å²) in [6.07, 6.45) is 5.49. The Morgan fingerprint density at radius 2 is 2.05 bits per heavy atom. The highest BCUT2D eigenvalue weighted by Crippen LogP contribution is 2.25. The monoisotopic (exact) mass is 278 g/mol. The first-order chi connectivity index (χ1) is 9.60. The highest BCUT2D eigenvalue weighted by Gasteiger charge is 2.22. The van der Waals surface area contributed by atoms with E-state index < -0.39 is 0 Å². The summed E-state index contributed by atoms with van der Waals surface area (Å²) in [5.41, 5.74) is 1.30. The molecule has 1 saturated carbocycles. The molecule has 114 valence electrons. The third kappa shape index (κ3) is 4.10. The molecule has 0 spiro atoms. The van der Waals surface area contributed by atoms with Crippen molar-refractivity contribution in [3.8, 4) is 0 Å². The van der Waals surface area contributed by atoms with Gasteiger partial charge in [-0.3, -0.25) is 4.90 Å². The van der Waals surface area contributed by atoms with Gasteiger partial charge in [-0.2, -0.15) is 0 Å². The largest absolute Gasteiger partial charge is 0.465 e. The molecule has 0 atom stereocenters. The molecule has 1 aromatic rings. The molecule has 1 heterocycles. The van der Waals surface area contributed by atoms with Crippen molar-refractivity contribution < 1.29 is 4.42 Å². The summed E-state index contributed by atoms with van der Waals surface area (Å²) >= 11 is 0. The van der Waals surface area contributed by atoms with Crippen LogP contribution in [0.5, 0.6) is 0 Å². The quantitative estimate of drug-likeness (QED) is 0.821. The van der Waals surface area contributed by atoms with Crippen LogP contribution >= 0.6 is 0 Å². The van der Waals surface area contributed by atoms with Crippen molar-refractivity contribution in [3.05, 3.63) is 23.2 Å². The molecular formula is C17H30N2O. The van der Waals surface area contributed by atoms with Gasteiger partial charge in [0.05, 0.1) is 6.54 Å². The molecule has 0 unspecified atom stereocenters. The minimum atomic E-state index is 0.512. The van der Waals surface area contributed by atoms with Crippen LogP contribution in [-0.2, 0) is 13.1 Å². The molecule has 1 aliphatic rings. The van der Waals surface area contributed by atoms with Gasteiger partial charge < -0.3 is 9.73 Å². The minimum absolute atomic E-state index is 0.512. The van der Waals surface area contributed by atoms with E-state index >= 15 is 0 Å². The summed E-state index contributed by atoms with van der Waals surface area (Å²) < 4.78 is 5.96. The lowest BCUT2D eigenvalue weighted by Crippen LogP contribution is -2.32. The van der Waals surface area contributed by atoms with Gasteiger partial charge >= 0.3 is 0 Å². The first kappa shape index (κ1) is 15.6. The maximum absolute atomic E-state index is 5.96. The zero-order chi connectivity index (χ0) is 14.5. The predicted molar refractivity (Wildman–Crippen MR) is 83.8 cm³/mol. The second-order valence-electron chi connectivity index (χ2n) is 6.33. The Kier molecular flexibility index (Phi) is 5.67. The van der Waals surface area contributed by atoms with Crippen molar-refractivity contribution >= 4 is 0 Å². The number of nitrogens with zero attached hydrogens (tertiary/aromatic N) is 1. The molecule has 0 amide bonds. The van der Waals surface area contributed by atoms with Crippen LogP contribution in [0.2, 0.25) is 0 Å². The molecule has 1 aliphatic carbocycles. The van der Waals surface area contributed by atoms with E-state index in [0.29, 0.717) is 6.04 Å². The van der Waals surface area contributed by atoms with Gasteiger partial charge in [0.1, 0.15) is 11.5 Å². The summed E-state index contributed by atoms with van der Waals surface area (Å²) in [6, 6.07) is 3.52. The number of furan rings is 1. The first-order valence-corrected chi connectivity index (χ1v) is 8.15. The van der Waals surface area contributed by atoms with Crippen LogP contribution in [0.4, 0.5) is 0 Å². The molecule has 1 fully saturated rings. The fourth-order valence-corrected chi connectivity index (χ4v) is 3.12. The smallest absolute Gasteiger partial charge is 0.118 e. The highest BCUT2D eigenvalue weighted by molar-refractivity contribution is 5.20. The van der Waals surface area contributed by atoms with Gasteiger partial charge in [-0.05, 0) is 32.4 Å². The molecule has 3 heteroatoms. The van der Waals surface area contributed by atoms with Gasteiger partial charge in [-0.15, -0.1) is 0 Å². The number of aryl methyl sites for hydroxylation is 1. The Labute approximate surface area is 123 Å². The van der Waals surface area contributed by atoms with E-state index in [4.69, 9.17) is 4.42 Å². The number of hydrogen-bond donors (Lipinski definition) is 1. The molecular weight excluding hydrogens is 248 g/mol. The lowest BCUT2D eigenvalue weighted by molar-refractivity contribution is 0.184. The standard InChI is InChI=1S/C17H30N2O/c1-5-19(16-8-6-7-9-16)12-17-10-15(14(4)20-17)11-18-13(2)3/h10,13,16,18H,5-9,11-12H2,1-4H3. The Balaban J connectivity index is 1.96. The topological polar surface area (TPSA) is 28.4 Å². The second kappa shape index (κ2) is 7.28. The molecule has 2 rings (SSSR count). The molecule has 1 aromatic heterocycles. The van der Waals surface area contributed by atoms with Gasteiger partial charge in [0.15, 0.2) is 0 Å². The Bertz CT molecular complexity index is 405. The van der Waals surface area contributed by atoms with Gasteiger partial charge in [0, 0.05) is 24.2 Å². The fourth-order valence-electron chi connectivity index (χ4n) is 3.12. The summed E-state index contributed by atoms with van der Waals surface area (Å²) in [4.78, 5) is 2.57. The van der Waals surface area contributed by atoms with E-state index in [9.17, 15) is 0 Å². The second-order valence-corrected chi connectivity index (χ2v) is 6.33. The van der Waals surface area contributed by atoms with Crippen LogP contribution in [0.25, 0.3) is 0 Å². The van der Waals surface area contributed by atoms with Crippen molar-refractivity contribution in [1.29, 1.82) is 0 Å². The lowest BCUT2D eigenvalue weighted by atomic mass is 10.2. The average molecular weight is 278 g/mol. The number of hydrogen-bond acceptors (Lipinski definition) is 3. The molecule has 0 radical (unpaired) electrons. The zero-order valence-corrected chi connectivity index (χ0v) is 13.5. The maximum atomic E-state index is 5.96. The minimum Gasteiger partial charge on any atom is -0.465 e. The van der Waals surface area contributed by atoms with Crippen molar-refractivity contribution in [2.75, 3.05) is 6.54 Å². The molecule has 0 bridgehead atoms. The summed E-state index contributed by atoms with van der Waals surface area (Å²) in [6.45, 7) is 11.7. The normalized spacial score (nSPS) is 16.7. The van der Waals surface area contributed by atoms with E-state index in [1.807, 2.05) is 0 Å². The molecule has 1 N–H and O–H groups in total. The van der Waals surface area contributed by atoms with E-state index in [2.05, 4.69) is 44.0 Å². The van der Waals surface area contributed by atoms with Gasteiger partial charge in [0.25, 0.3) is 0 Å². The van der Waals surface area contributed by atoms with Crippen LogP contribution in [0.3, 0.4) is 0 Å². The molecule has 0 saturated heterocycles. The van der Waals surface area contributed by atoms with E-state index in [1.54, 1.807) is 0 Å².